The van der Waals surface area contributed by atoms with Crippen LogP contribution in [0.3, 0.4) is 0 Å². The van der Waals surface area contributed by atoms with Crippen LogP contribution in [0.5, 0.6) is 0 Å². The van der Waals surface area contributed by atoms with Crippen molar-refractivity contribution in [1.29, 1.82) is 0 Å². The first-order chi connectivity index (χ1) is 8.31. The zero-order valence-electron chi connectivity index (χ0n) is 10.8. The minimum Gasteiger partial charge on any atom is -0.293 e. The van der Waals surface area contributed by atoms with Gasteiger partial charge in [-0.25, -0.2) is 0 Å². The summed E-state index contributed by atoms with van der Waals surface area (Å²) in [6.07, 6.45) is 10.6. The standard InChI is InChI=1S/C15H22OS/c1-2-3-4-5-6-9-13(16)15-11-12-8-7-10-14(12)17-15/h11H,2-10H2,1H3. The van der Waals surface area contributed by atoms with Crippen LogP contribution in [0.25, 0.3) is 0 Å². The van der Waals surface area contributed by atoms with Gasteiger partial charge in [0.25, 0.3) is 0 Å². The lowest BCUT2D eigenvalue weighted by atomic mass is 10.1. The highest BCUT2D eigenvalue weighted by atomic mass is 32.1. The summed E-state index contributed by atoms with van der Waals surface area (Å²) < 4.78 is 0. The Balaban J connectivity index is 1.75. The van der Waals surface area contributed by atoms with Gasteiger partial charge < -0.3 is 0 Å². The molecular formula is C15H22OS. The van der Waals surface area contributed by atoms with E-state index in [4.69, 9.17) is 0 Å². The second kappa shape index (κ2) is 6.34. The number of unbranched alkanes of at least 4 members (excludes halogenated alkanes) is 4. The van der Waals surface area contributed by atoms with E-state index in [0.717, 1.165) is 17.7 Å². The summed E-state index contributed by atoms with van der Waals surface area (Å²) in [4.78, 5) is 14.5. The van der Waals surface area contributed by atoms with Crippen LogP contribution in [0, 0.1) is 0 Å². The molecule has 0 unspecified atom stereocenters. The van der Waals surface area contributed by atoms with Crippen LogP contribution >= 0.6 is 11.3 Å². The first kappa shape index (κ1) is 12.8. The summed E-state index contributed by atoms with van der Waals surface area (Å²) >= 11 is 1.75. The highest BCUT2D eigenvalue weighted by Gasteiger charge is 2.17. The number of thiophene rings is 1. The largest absolute Gasteiger partial charge is 0.293 e. The number of carbonyl (C=O) groups is 1. The third kappa shape index (κ3) is 3.41. The summed E-state index contributed by atoms with van der Waals surface area (Å²) in [5.41, 5.74) is 1.45. The van der Waals surface area contributed by atoms with Crippen molar-refractivity contribution in [3.63, 3.8) is 0 Å². The molecule has 94 valence electrons. The number of aryl methyl sites for hydroxylation is 2. The molecule has 1 nitrogen and oxygen atoms in total. The van der Waals surface area contributed by atoms with Gasteiger partial charge in [0.15, 0.2) is 5.78 Å². The van der Waals surface area contributed by atoms with Crippen molar-refractivity contribution in [2.75, 3.05) is 0 Å². The fourth-order valence-corrected chi connectivity index (χ4v) is 3.70. The molecule has 1 aromatic rings. The minimum absolute atomic E-state index is 0.376. The van der Waals surface area contributed by atoms with Crippen LogP contribution in [0.4, 0.5) is 0 Å². The molecule has 0 fully saturated rings. The Morgan fingerprint density at radius 2 is 2.06 bits per heavy atom. The third-order valence-corrected chi connectivity index (χ3v) is 4.81. The molecule has 0 saturated heterocycles. The molecule has 1 aliphatic carbocycles. The number of hydrogen-bond donors (Lipinski definition) is 0. The maximum absolute atomic E-state index is 12.0. The molecule has 0 aliphatic heterocycles. The maximum atomic E-state index is 12.0. The quantitative estimate of drug-likeness (QED) is 0.503. The maximum Gasteiger partial charge on any atom is 0.172 e. The number of hydrogen-bond acceptors (Lipinski definition) is 2. The summed E-state index contributed by atoms with van der Waals surface area (Å²) in [6, 6.07) is 2.15. The SMILES string of the molecule is CCCCCCCC(=O)c1cc2c(s1)CCC2. The van der Waals surface area contributed by atoms with Gasteiger partial charge >= 0.3 is 0 Å². The molecule has 0 radical (unpaired) electrons. The molecule has 0 aromatic carbocycles. The van der Waals surface area contributed by atoms with Crippen LogP contribution in [-0.4, -0.2) is 5.78 Å². The van der Waals surface area contributed by atoms with E-state index in [1.165, 1.54) is 55.4 Å². The Morgan fingerprint density at radius 3 is 2.82 bits per heavy atom. The Morgan fingerprint density at radius 1 is 1.24 bits per heavy atom. The fraction of sp³-hybridized carbons (Fsp3) is 0.667. The van der Waals surface area contributed by atoms with E-state index in [-0.39, 0.29) is 0 Å². The van der Waals surface area contributed by atoms with Crippen LogP contribution in [0.1, 0.15) is 72.0 Å². The Bertz CT molecular complexity index is 357. The van der Waals surface area contributed by atoms with Gasteiger partial charge in [-0.05, 0) is 37.3 Å². The number of carbonyl (C=O) groups excluding carboxylic acids is 1. The summed E-state index contributed by atoms with van der Waals surface area (Å²) in [6.45, 7) is 2.22. The Hall–Kier alpha value is -0.630. The lowest BCUT2D eigenvalue weighted by molar-refractivity contribution is 0.0983. The molecule has 1 heterocycles. The molecule has 17 heavy (non-hydrogen) atoms. The number of fused-ring (bicyclic) bond motifs is 1. The highest BCUT2D eigenvalue weighted by molar-refractivity contribution is 7.14. The summed E-state index contributed by atoms with van der Waals surface area (Å²) in [5, 5.41) is 0. The molecule has 2 rings (SSSR count). The van der Waals surface area contributed by atoms with Crippen molar-refractivity contribution in [3.05, 3.63) is 21.4 Å². The second-order valence-electron chi connectivity index (χ2n) is 5.00. The Labute approximate surface area is 108 Å². The van der Waals surface area contributed by atoms with E-state index in [2.05, 4.69) is 13.0 Å². The van der Waals surface area contributed by atoms with Crippen molar-refractivity contribution in [3.8, 4) is 0 Å². The lowest BCUT2D eigenvalue weighted by Gasteiger charge is -1.99. The molecule has 1 aromatic heterocycles. The average molecular weight is 250 g/mol. The van der Waals surface area contributed by atoms with Crippen molar-refractivity contribution in [2.45, 2.75) is 64.7 Å². The second-order valence-corrected chi connectivity index (χ2v) is 6.14. The molecule has 0 amide bonds. The van der Waals surface area contributed by atoms with Gasteiger partial charge in [-0.15, -0.1) is 11.3 Å². The van der Waals surface area contributed by atoms with Gasteiger partial charge in [-0.1, -0.05) is 32.6 Å². The fourth-order valence-electron chi connectivity index (χ4n) is 2.48. The smallest absolute Gasteiger partial charge is 0.172 e. The van der Waals surface area contributed by atoms with Crippen molar-refractivity contribution in [2.24, 2.45) is 0 Å². The van der Waals surface area contributed by atoms with E-state index in [0.29, 0.717) is 5.78 Å². The highest BCUT2D eigenvalue weighted by Crippen LogP contribution is 2.31. The van der Waals surface area contributed by atoms with E-state index < -0.39 is 0 Å². The van der Waals surface area contributed by atoms with Gasteiger partial charge in [-0.2, -0.15) is 0 Å². The van der Waals surface area contributed by atoms with Crippen LogP contribution in [0.15, 0.2) is 6.07 Å². The van der Waals surface area contributed by atoms with Gasteiger partial charge in [-0.3, -0.25) is 4.79 Å². The lowest BCUT2D eigenvalue weighted by Crippen LogP contribution is -1.95. The summed E-state index contributed by atoms with van der Waals surface area (Å²) in [7, 11) is 0. The molecule has 0 spiro atoms. The molecular weight excluding hydrogens is 228 g/mol. The topological polar surface area (TPSA) is 17.1 Å². The molecule has 0 saturated carbocycles. The van der Waals surface area contributed by atoms with Gasteiger partial charge in [0, 0.05) is 11.3 Å². The van der Waals surface area contributed by atoms with Crippen LogP contribution in [0.2, 0.25) is 0 Å². The number of rotatable bonds is 7. The van der Waals surface area contributed by atoms with E-state index in [9.17, 15) is 4.79 Å². The zero-order valence-corrected chi connectivity index (χ0v) is 11.6. The number of ketones is 1. The third-order valence-electron chi connectivity index (χ3n) is 3.53. The van der Waals surface area contributed by atoms with Crippen molar-refractivity contribution < 1.29 is 4.79 Å². The van der Waals surface area contributed by atoms with Gasteiger partial charge in [0.2, 0.25) is 0 Å². The van der Waals surface area contributed by atoms with Gasteiger partial charge in [0.05, 0.1) is 4.88 Å². The summed E-state index contributed by atoms with van der Waals surface area (Å²) in [5.74, 6) is 0.376. The predicted molar refractivity (Wildman–Crippen MR) is 74.1 cm³/mol. The van der Waals surface area contributed by atoms with E-state index in [1.54, 1.807) is 11.3 Å². The molecule has 0 bridgehead atoms. The monoisotopic (exact) mass is 250 g/mol. The minimum atomic E-state index is 0.376. The van der Waals surface area contributed by atoms with Crippen molar-refractivity contribution >= 4 is 17.1 Å². The molecule has 1 aliphatic rings. The molecule has 0 atom stereocenters. The van der Waals surface area contributed by atoms with Gasteiger partial charge in [0.1, 0.15) is 0 Å². The first-order valence-corrected chi connectivity index (χ1v) is 7.77. The number of Topliss-reactive ketones (excluding diaryl/α,β-unsaturated/α-hetero) is 1. The van der Waals surface area contributed by atoms with E-state index >= 15 is 0 Å². The van der Waals surface area contributed by atoms with Crippen LogP contribution in [-0.2, 0) is 12.8 Å². The Kier molecular flexibility index (Phi) is 4.78. The average Bonchev–Trinajstić information content (AvgIpc) is 2.88. The predicted octanol–water partition coefficient (Wildman–Crippen LogP) is 4.78. The zero-order chi connectivity index (χ0) is 12.1. The van der Waals surface area contributed by atoms with Crippen molar-refractivity contribution in [1.82, 2.24) is 0 Å². The molecule has 0 N–H and O–H groups in total. The first-order valence-electron chi connectivity index (χ1n) is 6.96. The van der Waals surface area contributed by atoms with E-state index in [1.807, 2.05) is 0 Å². The molecule has 2 heteroatoms. The van der Waals surface area contributed by atoms with Crippen LogP contribution < -0.4 is 0 Å². The normalized spacial score (nSPS) is 13.9.